The minimum absolute atomic E-state index is 0.111. The number of nitrogens with zero attached hydrogens (tertiary/aromatic N) is 1. The molecule has 0 saturated carbocycles. The van der Waals surface area contributed by atoms with Crippen LogP contribution < -0.4 is 19.7 Å². The average Bonchev–Trinajstić information content (AvgIpc) is 3.00. The summed E-state index contributed by atoms with van der Waals surface area (Å²) < 4.78 is 11.6. The average molecular weight is 521 g/mol. The molecule has 1 heterocycles. The van der Waals surface area contributed by atoms with E-state index in [0.29, 0.717) is 5.75 Å². The predicted octanol–water partition coefficient (Wildman–Crippen LogP) is 7.61. The van der Waals surface area contributed by atoms with E-state index in [-0.39, 0.29) is 17.9 Å². The number of ether oxygens (including phenoxy) is 2. The van der Waals surface area contributed by atoms with Crippen LogP contribution in [-0.4, -0.2) is 20.1 Å². The van der Waals surface area contributed by atoms with Crippen LogP contribution in [0.25, 0.3) is 0 Å². The molecule has 0 aliphatic carbocycles. The number of hydrogen-bond donors (Lipinski definition) is 1. The Morgan fingerprint density at radius 3 is 2.05 bits per heavy atom. The van der Waals surface area contributed by atoms with Gasteiger partial charge in [0.05, 0.1) is 37.6 Å². The Kier molecular flexibility index (Phi) is 7.87. The molecule has 5 heteroatoms. The molecule has 0 spiro atoms. The van der Waals surface area contributed by atoms with E-state index < -0.39 is 5.54 Å². The number of benzene rings is 4. The second-order valence-electron chi connectivity index (χ2n) is 9.92. The van der Waals surface area contributed by atoms with E-state index in [1.165, 1.54) is 0 Å². The number of carbonyl (C=O) groups is 1. The van der Waals surface area contributed by atoms with Crippen molar-refractivity contribution in [1.29, 1.82) is 0 Å². The van der Waals surface area contributed by atoms with Crippen molar-refractivity contribution in [3.63, 3.8) is 0 Å². The Bertz CT molecular complexity index is 1390. The summed E-state index contributed by atoms with van der Waals surface area (Å²) in [5.41, 5.74) is 3.07. The zero-order chi connectivity index (χ0) is 27.2. The van der Waals surface area contributed by atoms with Crippen LogP contribution in [0.1, 0.15) is 43.4 Å². The van der Waals surface area contributed by atoms with Gasteiger partial charge >= 0.3 is 0 Å². The molecule has 5 rings (SSSR count). The third-order valence-corrected chi connectivity index (χ3v) is 7.81. The first-order valence-corrected chi connectivity index (χ1v) is 13.6. The topological polar surface area (TPSA) is 50.8 Å². The highest BCUT2D eigenvalue weighted by atomic mass is 16.5. The first-order valence-electron chi connectivity index (χ1n) is 13.6. The van der Waals surface area contributed by atoms with E-state index in [4.69, 9.17) is 9.47 Å². The van der Waals surface area contributed by atoms with Gasteiger partial charge in [0.2, 0.25) is 5.91 Å². The summed E-state index contributed by atoms with van der Waals surface area (Å²) >= 11 is 0. The molecule has 200 valence electrons. The lowest BCUT2D eigenvalue weighted by Crippen LogP contribution is -2.72. The molecule has 5 nitrogen and oxygen atoms in total. The van der Waals surface area contributed by atoms with Gasteiger partial charge in [0.25, 0.3) is 0 Å². The Balaban J connectivity index is 1.81. The van der Waals surface area contributed by atoms with E-state index in [9.17, 15) is 4.79 Å². The molecule has 1 N–H and O–H groups in total. The van der Waals surface area contributed by atoms with Gasteiger partial charge in [0.1, 0.15) is 17.0 Å². The van der Waals surface area contributed by atoms with Crippen LogP contribution in [-0.2, 0) is 10.3 Å². The Morgan fingerprint density at radius 1 is 0.795 bits per heavy atom. The monoisotopic (exact) mass is 520 g/mol. The molecule has 3 atom stereocenters. The van der Waals surface area contributed by atoms with Gasteiger partial charge in [-0.05, 0) is 41.8 Å². The molecule has 0 bridgehead atoms. The Labute approximate surface area is 231 Å². The zero-order valence-electron chi connectivity index (χ0n) is 22.8. The van der Waals surface area contributed by atoms with Gasteiger partial charge in [0.15, 0.2) is 0 Å². The lowest BCUT2D eigenvalue weighted by atomic mass is 9.60. The number of β-lactam (4-membered cyclic amide) rings is 1. The molecule has 1 amide bonds. The van der Waals surface area contributed by atoms with Crippen LogP contribution in [0.3, 0.4) is 0 Å². The number of rotatable bonds is 11. The third kappa shape index (κ3) is 4.63. The van der Waals surface area contributed by atoms with Crippen LogP contribution >= 0.6 is 0 Å². The van der Waals surface area contributed by atoms with Crippen LogP contribution in [0.2, 0.25) is 0 Å². The van der Waals surface area contributed by atoms with Crippen molar-refractivity contribution < 1.29 is 14.3 Å². The fourth-order valence-corrected chi connectivity index (χ4v) is 6.05. The summed E-state index contributed by atoms with van der Waals surface area (Å²) in [4.78, 5) is 16.2. The number of hydrogen-bond acceptors (Lipinski definition) is 4. The molecule has 1 saturated heterocycles. The number of unbranched alkanes of at least 4 members (excludes halogenated alkanes) is 1. The number of para-hydroxylation sites is 4. The molecule has 4 aromatic carbocycles. The highest BCUT2D eigenvalue weighted by Crippen LogP contribution is 2.59. The lowest BCUT2D eigenvalue weighted by Gasteiger charge is -2.61. The molecule has 1 aliphatic heterocycles. The normalized spacial score (nSPS) is 19.2. The number of anilines is 2. The molecule has 1 aliphatic rings. The molecule has 39 heavy (non-hydrogen) atoms. The van der Waals surface area contributed by atoms with Gasteiger partial charge in [0, 0.05) is 0 Å². The van der Waals surface area contributed by atoms with Crippen molar-refractivity contribution in [3.05, 3.63) is 120 Å². The fourth-order valence-electron chi connectivity index (χ4n) is 6.05. The zero-order valence-corrected chi connectivity index (χ0v) is 22.8. The minimum Gasteiger partial charge on any atom is -0.495 e. The van der Waals surface area contributed by atoms with Crippen LogP contribution in [0.15, 0.2) is 109 Å². The maximum absolute atomic E-state index is 14.3. The van der Waals surface area contributed by atoms with E-state index in [0.717, 1.165) is 47.5 Å². The maximum Gasteiger partial charge on any atom is 0.233 e. The lowest BCUT2D eigenvalue weighted by molar-refractivity contribution is -0.137. The summed E-state index contributed by atoms with van der Waals surface area (Å²) in [6.45, 7) is 2.17. The number of amides is 1. The van der Waals surface area contributed by atoms with Crippen LogP contribution in [0, 0.1) is 5.92 Å². The van der Waals surface area contributed by atoms with Crippen LogP contribution in [0.5, 0.6) is 11.5 Å². The van der Waals surface area contributed by atoms with Crippen LogP contribution in [0.4, 0.5) is 11.4 Å². The van der Waals surface area contributed by atoms with Gasteiger partial charge in [-0.3, -0.25) is 9.69 Å². The highest BCUT2D eigenvalue weighted by molar-refractivity contribution is 6.07. The minimum atomic E-state index is -0.732. The summed E-state index contributed by atoms with van der Waals surface area (Å²) in [5, 5.41) is 3.86. The smallest absolute Gasteiger partial charge is 0.233 e. The molecule has 4 aromatic rings. The first kappa shape index (κ1) is 26.4. The van der Waals surface area contributed by atoms with Gasteiger partial charge in [-0.15, -0.1) is 0 Å². The van der Waals surface area contributed by atoms with Crippen molar-refractivity contribution in [2.75, 3.05) is 24.4 Å². The second-order valence-corrected chi connectivity index (χ2v) is 9.92. The van der Waals surface area contributed by atoms with Gasteiger partial charge in [-0.2, -0.15) is 0 Å². The number of methoxy groups -OCH3 is 2. The van der Waals surface area contributed by atoms with E-state index in [1.54, 1.807) is 14.2 Å². The van der Waals surface area contributed by atoms with E-state index in [2.05, 4.69) is 60.8 Å². The van der Waals surface area contributed by atoms with Gasteiger partial charge in [-0.25, -0.2) is 0 Å². The molecule has 0 aromatic heterocycles. The Hall–Kier alpha value is -4.25. The predicted molar refractivity (Wildman–Crippen MR) is 157 cm³/mol. The summed E-state index contributed by atoms with van der Waals surface area (Å²) in [7, 11) is 3.34. The van der Waals surface area contributed by atoms with Crippen molar-refractivity contribution >= 4 is 17.3 Å². The summed E-state index contributed by atoms with van der Waals surface area (Å²) in [6, 6.07) is 36.3. The summed E-state index contributed by atoms with van der Waals surface area (Å²) in [6.07, 6.45) is 2.76. The summed E-state index contributed by atoms with van der Waals surface area (Å²) in [5.74, 6) is 1.29. The van der Waals surface area contributed by atoms with E-state index >= 15 is 0 Å². The molecular formula is C34H36N2O3. The first-order chi connectivity index (χ1) is 19.2. The standard InChI is InChI=1S/C34H36N2O3/c1-4-5-20-27-33(37)36(29-22-13-15-24-31(29)39-3)34(27,26-18-10-7-11-19-26)32(25-16-8-6-9-17-25)35-28-21-12-14-23-30(28)38-2/h6-19,21-24,27,32,35H,4-5,20H2,1-3H3/t27-,32?,34-/m0/s1. The SMILES string of the molecule is CCCC[C@H]1C(=O)N(c2ccccc2OC)[C@]1(c1ccccc1)C(Nc1ccccc1OC)c1ccccc1. The Morgan fingerprint density at radius 2 is 1.38 bits per heavy atom. The maximum atomic E-state index is 14.3. The fraction of sp³-hybridized carbons (Fsp3) is 0.265. The van der Waals surface area contributed by atoms with Gasteiger partial charge in [-0.1, -0.05) is 105 Å². The quantitative estimate of drug-likeness (QED) is 0.207. The highest BCUT2D eigenvalue weighted by Gasteiger charge is 2.65. The third-order valence-electron chi connectivity index (χ3n) is 7.81. The van der Waals surface area contributed by atoms with Gasteiger partial charge < -0.3 is 14.8 Å². The molecule has 1 unspecified atom stereocenters. The molecule has 0 radical (unpaired) electrons. The number of nitrogens with one attached hydrogen (secondary N) is 1. The number of carbonyl (C=O) groups excluding carboxylic acids is 1. The van der Waals surface area contributed by atoms with Crippen molar-refractivity contribution in [2.45, 2.75) is 37.8 Å². The largest absolute Gasteiger partial charge is 0.495 e. The molecule has 1 fully saturated rings. The second kappa shape index (κ2) is 11.6. The van der Waals surface area contributed by atoms with Crippen molar-refractivity contribution in [1.82, 2.24) is 0 Å². The van der Waals surface area contributed by atoms with Crippen molar-refractivity contribution in [3.8, 4) is 11.5 Å². The van der Waals surface area contributed by atoms with Crippen molar-refractivity contribution in [2.24, 2.45) is 5.92 Å². The van der Waals surface area contributed by atoms with E-state index in [1.807, 2.05) is 65.6 Å². The molecular weight excluding hydrogens is 484 g/mol.